The molecular formula is C24H29FN4O3. The zero-order valence-corrected chi connectivity index (χ0v) is 18.4. The number of H-pyrrole nitrogens is 1. The Balaban J connectivity index is 1.23. The molecule has 2 aromatic rings. The fourth-order valence-electron chi connectivity index (χ4n) is 5.30. The van der Waals surface area contributed by atoms with Gasteiger partial charge in [0.05, 0.1) is 5.41 Å². The summed E-state index contributed by atoms with van der Waals surface area (Å²) in [6, 6.07) is 6.01. The van der Waals surface area contributed by atoms with Crippen LogP contribution < -0.4 is 0 Å². The third-order valence-electron chi connectivity index (χ3n) is 7.20. The molecule has 170 valence electrons. The van der Waals surface area contributed by atoms with Crippen molar-refractivity contribution in [1.29, 1.82) is 0 Å². The highest BCUT2D eigenvalue weighted by atomic mass is 19.1. The molecule has 3 fully saturated rings. The van der Waals surface area contributed by atoms with Gasteiger partial charge in [0.25, 0.3) is 5.91 Å². The molecular weight excluding hydrogens is 411 g/mol. The maximum absolute atomic E-state index is 13.2. The standard InChI is InChI=1S/C24H29FN4O3/c1-16-20(27-21(26-16)17-4-6-18(25)7-5-17)22(30)29-12-8-24(9-13-29)14-19(32-23(24)31)15-28-10-2-3-11-28/h4-7,19H,2-3,8-15H2,1H3,(H,26,27). The van der Waals surface area contributed by atoms with Crippen molar-refractivity contribution in [1.82, 2.24) is 19.8 Å². The Morgan fingerprint density at radius 3 is 2.56 bits per heavy atom. The van der Waals surface area contributed by atoms with Crippen molar-refractivity contribution in [3.05, 3.63) is 41.5 Å². The second-order valence-corrected chi connectivity index (χ2v) is 9.38. The largest absolute Gasteiger partial charge is 0.461 e. The van der Waals surface area contributed by atoms with Gasteiger partial charge >= 0.3 is 5.97 Å². The zero-order valence-electron chi connectivity index (χ0n) is 18.4. The Morgan fingerprint density at radius 2 is 1.88 bits per heavy atom. The quantitative estimate of drug-likeness (QED) is 0.739. The van der Waals surface area contributed by atoms with Gasteiger partial charge in [-0.1, -0.05) is 0 Å². The Kier molecular flexibility index (Phi) is 5.49. The van der Waals surface area contributed by atoms with E-state index in [2.05, 4.69) is 14.9 Å². The molecule has 5 rings (SSSR count). The number of hydrogen-bond donors (Lipinski definition) is 1. The molecule has 0 aliphatic carbocycles. The highest BCUT2D eigenvalue weighted by Crippen LogP contribution is 2.43. The molecule has 1 amide bonds. The maximum Gasteiger partial charge on any atom is 0.312 e. The first-order chi connectivity index (χ1) is 15.4. The lowest BCUT2D eigenvalue weighted by atomic mass is 9.76. The van der Waals surface area contributed by atoms with Crippen LogP contribution in [-0.2, 0) is 9.53 Å². The summed E-state index contributed by atoms with van der Waals surface area (Å²) in [4.78, 5) is 37.7. The first-order valence-corrected chi connectivity index (χ1v) is 11.5. The van der Waals surface area contributed by atoms with E-state index in [4.69, 9.17) is 4.74 Å². The van der Waals surface area contributed by atoms with Crippen LogP contribution in [0.3, 0.4) is 0 Å². The SMILES string of the molecule is Cc1[nH]c(-c2ccc(F)cc2)nc1C(=O)N1CCC2(CC1)CC(CN1CCCC1)OC2=O. The fraction of sp³-hybridized carbons (Fsp3) is 0.542. The van der Waals surface area contributed by atoms with E-state index in [1.807, 2.05) is 6.92 Å². The number of hydrogen-bond acceptors (Lipinski definition) is 5. The topological polar surface area (TPSA) is 78.5 Å². The first kappa shape index (κ1) is 21.1. The van der Waals surface area contributed by atoms with Crippen LogP contribution in [0.15, 0.2) is 24.3 Å². The molecule has 3 saturated heterocycles. The number of nitrogens with one attached hydrogen (secondary N) is 1. The van der Waals surface area contributed by atoms with Gasteiger partial charge < -0.3 is 14.6 Å². The number of rotatable bonds is 4. The summed E-state index contributed by atoms with van der Waals surface area (Å²) in [5.41, 5.74) is 1.33. The van der Waals surface area contributed by atoms with Crippen LogP contribution in [-0.4, -0.2) is 70.5 Å². The van der Waals surface area contributed by atoms with E-state index in [1.165, 1.54) is 25.0 Å². The van der Waals surface area contributed by atoms with Gasteiger partial charge in [0, 0.05) is 37.3 Å². The van der Waals surface area contributed by atoms with Gasteiger partial charge in [-0.25, -0.2) is 9.37 Å². The molecule has 1 unspecified atom stereocenters. The van der Waals surface area contributed by atoms with Gasteiger partial charge in [-0.15, -0.1) is 0 Å². The molecule has 4 heterocycles. The number of likely N-dealkylation sites (tertiary alicyclic amines) is 2. The third kappa shape index (κ3) is 3.92. The van der Waals surface area contributed by atoms with Crippen molar-refractivity contribution < 1.29 is 18.7 Å². The van der Waals surface area contributed by atoms with Crippen molar-refractivity contribution in [3.8, 4) is 11.4 Å². The van der Waals surface area contributed by atoms with E-state index in [9.17, 15) is 14.0 Å². The van der Waals surface area contributed by atoms with E-state index in [0.717, 1.165) is 31.6 Å². The number of carbonyl (C=O) groups excluding carboxylic acids is 2. The van der Waals surface area contributed by atoms with E-state index < -0.39 is 5.41 Å². The number of benzene rings is 1. The van der Waals surface area contributed by atoms with Crippen LogP contribution in [0, 0.1) is 18.2 Å². The van der Waals surface area contributed by atoms with Crippen LogP contribution in [0.25, 0.3) is 11.4 Å². The number of cyclic esters (lactones) is 1. The molecule has 3 aliphatic heterocycles. The number of halogens is 1. The van der Waals surface area contributed by atoms with Gasteiger partial charge in [0.2, 0.25) is 0 Å². The molecule has 1 N–H and O–H groups in total. The van der Waals surface area contributed by atoms with Gasteiger partial charge in [0.15, 0.2) is 0 Å². The second-order valence-electron chi connectivity index (χ2n) is 9.38. The summed E-state index contributed by atoms with van der Waals surface area (Å²) in [5.74, 6) is -0.00239. The van der Waals surface area contributed by atoms with Crippen LogP contribution >= 0.6 is 0 Å². The number of ether oxygens (including phenoxy) is 1. The van der Waals surface area contributed by atoms with Crippen LogP contribution in [0.1, 0.15) is 48.3 Å². The molecule has 0 saturated carbocycles. The monoisotopic (exact) mass is 440 g/mol. The van der Waals surface area contributed by atoms with Crippen molar-refractivity contribution >= 4 is 11.9 Å². The minimum Gasteiger partial charge on any atom is -0.461 e. The van der Waals surface area contributed by atoms with E-state index in [1.54, 1.807) is 17.0 Å². The molecule has 0 radical (unpaired) electrons. The number of carbonyl (C=O) groups is 2. The number of esters is 1. The number of aryl methyl sites for hydroxylation is 1. The summed E-state index contributed by atoms with van der Waals surface area (Å²) in [6.07, 6.45) is 4.41. The maximum atomic E-state index is 13.2. The van der Waals surface area contributed by atoms with Crippen molar-refractivity contribution in [2.24, 2.45) is 5.41 Å². The minimum atomic E-state index is -0.457. The summed E-state index contributed by atoms with van der Waals surface area (Å²) in [5, 5.41) is 0. The van der Waals surface area contributed by atoms with E-state index in [0.29, 0.717) is 43.1 Å². The summed E-state index contributed by atoms with van der Waals surface area (Å²) < 4.78 is 19.0. The molecule has 1 aromatic heterocycles. The molecule has 8 heteroatoms. The molecule has 1 atom stereocenters. The first-order valence-electron chi connectivity index (χ1n) is 11.5. The highest BCUT2D eigenvalue weighted by molar-refractivity contribution is 5.94. The molecule has 7 nitrogen and oxygen atoms in total. The lowest BCUT2D eigenvalue weighted by Crippen LogP contribution is -2.45. The lowest BCUT2D eigenvalue weighted by molar-refractivity contribution is -0.150. The Hall–Kier alpha value is -2.74. The molecule has 32 heavy (non-hydrogen) atoms. The number of aromatic nitrogens is 2. The number of imidazole rings is 1. The van der Waals surface area contributed by atoms with Gasteiger partial charge in [0.1, 0.15) is 23.4 Å². The van der Waals surface area contributed by atoms with Crippen molar-refractivity contribution in [2.45, 2.75) is 45.1 Å². The molecule has 1 aromatic carbocycles. The Morgan fingerprint density at radius 1 is 1.19 bits per heavy atom. The van der Waals surface area contributed by atoms with Gasteiger partial charge in [-0.3, -0.25) is 14.5 Å². The normalized spacial score (nSPS) is 23.1. The average molecular weight is 441 g/mol. The highest BCUT2D eigenvalue weighted by Gasteiger charge is 2.51. The average Bonchev–Trinajstić information content (AvgIpc) is 3.50. The summed E-state index contributed by atoms with van der Waals surface area (Å²) in [7, 11) is 0. The fourth-order valence-corrected chi connectivity index (χ4v) is 5.30. The van der Waals surface area contributed by atoms with Crippen LogP contribution in [0.2, 0.25) is 0 Å². The van der Waals surface area contributed by atoms with Crippen molar-refractivity contribution in [2.75, 3.05) is 32.7 Å². The number of amides is 1. The van der Waals surface area contributed by atoms with E-state index in [-0.39, 0.29) is 23.8 Å². The number of nitrogens with zero attached hydrogens (tertiary/aromatic N) is 3. The third-order valence-corrected chi connectivity index (χ3v) is 7.20. The number of piperidine rings is 1. The van der Waals surface area contributed by atoms with Gasteiger partial charge in [-0.05, 0) is 70.0 Å². The predicted octanol–water partition coefficient (Wildman–Crippen LogP) is 3.16. The number of aromatic amines is 1. The Bertz CT molecular complexity index is 1000. The summed E-state index contributed by atoms with van der Waals surface area (Å²) >= 11 is 0. The van der Waals surface area contributed by atoms with E-state index >= 15 is 0 Å². The minimum absolute atomic E-state index is 0.0327. The molecule has 1 spiro atoms. The van der Waals surface area contributed by atoms with Gasteiger partial charge in [-0.2, -0.15) is 0 Å². The molecule has 0 bridgehead atoms. The van der Waals surface area contributed by atoms with Crippen LogP contribution in [0.5, 0.6) is 0 Å². The van der Waals surface area contributed by atoms with Crippen molar-refractivity contribution in [3.63, 3.8) is 0 Å². The molecule has 3 aliphatic rings. The van der Waals surface area contributed by atoms with Crippen LogP contribution in [0.4, 0.5) is 4.39 Å². The second kappa shape index (κ2) is 8.31. The predicted molar refractivity (Wildman–Crippen MR) is 116 cm³/mol. The zero-order chi connectivity index (χ0) is 22.3. The summed E-state index contributed by atoms with van der Waals surface area (Å²) in [6.45, 7) is 5.86. The Labute approximate surface area is 186 Å². The lowest BCUT2D eigenvalue weighted by Gasteiger charge is -2.36. The smallest absolute Gasteiger partial charge is 0.312 e.